The molecule has 1 aromatic heterocycles. The summed E-state index contributed by atoms with van der Waals surface area (Å²) in [5.41, 5.74) is 3.61. The smallest absolute Gasteiger partial charge is 0.229 e. The van der Waals surface area contributed by atoms with Crippen LogP contribution in [0.1, 0.15) is 37.1 Å². The highest BCUT2D eigenvalue weighted by Crippen LogP contribution is 2.34. The summed E-state index contributed by atoms with van der Waals surface area (Å²) in [5.74, 6) is 1.25. The minimum Gasteiger partial charge on any atom is -0.378 e. The molecule has 5 rings (SSSR count). The molecule has 0 bridgehead atoms. The zero-order valence-electron chi connectivity index (χ0n) is 18.6. The minimum absolute atomic E-state index is 0.00476. The Bertz CT molecular complexity index is 1160. The lowest BCUT2D eigenvalue weighted by atomic mass is 10.1. The van der Waals surface area contributed by atoms with Crippen LogP contribution < -0.4 is 5.32 Å². The van der Waals surface area contributed by atoms with Gasteiger partial charge in [-0.05, 0) is 62.6 Å². The molecular formula is C26H27FN4O2. The van der Waals surface area contributed by atoms with E-state index in [4.69, 9.17) is 9.72 Å². The highest BCUT2D eigenvalue weighted by molar-refractivity contribution is 5.81. The van der Waals surface area contributed by atoms with Gasteiger partial charge in [-0.15, -0.1) is 0 Å². The van der Waals surface area contributed by atoms with Gasteiger partial charge in [0.15, 0.2) is 0 Å². The third-order valence-electron chi connectivity index (χ3n) is 6.12. The molecule has 1 fully saturated rings. The zero-order valence-corrected chi connectivity index (χ0v) is 18.6. The number of hydrogen-bond donors (Lipinski definition) is 1. The molecule has 0 saturated carbocycles. The molecule has 0 spiro atoms. The highest BCUT2D eigenvalue weighted by Gasteiger charge is 2.26. The normalized spacial score (nSPS) is 17.6. The number of ether oxygens (including phenoxy) is 1. The lowest BCUT2D eigenvalue weighted by Crippen LogP contribution is -2.33. The number of benzene rings is 2. The molecule has 2 aliphatic heterocycles. The van der Waals surface area contributed by atoms with Gasteiger partial charge in [0.25, 0.3) is 0 Å². The SMILES string of the molecule is Cc1ccc(Nc2c(-c3ccc(F)cc3)nc3n2C=CN(C(=O)CC2CCCCO2)C3)cc1. The number of nitrogens with one attached hydrogen (secondary N) is 1. The fourth-order valence-electron chi connectivity index (χ4n) is 4.26. The predicted octanol–water partition coefficient (Wildman–Crippen LogP) is 5.47. The molecule has 0 aliphatic carbocycles. The summed E-state index contributed by atoms with van der Waals surface area (Å²) in [7, 11) is 0. The largest absolute Gasteiger partial charge is 0.378 e. The number of hydrogen-bond acceptors (Lipinski definition) is 4. The molecule has 1 N–H and O–H groups in total. The van der Waals surface area contributed by atoms with Crippen LogP contribution in [0.25, 0.3) is 17.5 Å². The summed E-state index contributed by atoms with van der Waals surface area (Å²) in [4.78, 5) is 19.4. The molecule has 2 aliphatic rings. The molecule has 2 aromatic carbocycles. The van der Waals surface area contributed by atoms with Crippen molar-refractivity contribution in [3.05, 3.63) is 71.9 Å². The second-order valence-electron chi connectivity index (χ2n) is 8.61. The Kier molecular flexibility index (Phi) is 5.96. The number of aryl methyl sites for hydroxylation is 1. The topological polar surface area (TPSA) is 59.4 Å². The van der Waals surface area contributed by atoms with E-state index in [0.29, 0.717) is 18.7 Å². The van der Waals surface area contributed by atoms with Crippen LogP contribution in [0, 0.1) is 12.7 Å². The molecule has 1 atom stereocenters. The third kappa shape index (κ3) is 4.68. The van der Waals surface area contributed by atoms with E-state index in [1.807, 2.05) is 42.0 Å². The maximum absolute atomic E-state index is 13.5. The fraction of sp³-hybridized carbons (Fsp3) is 0.308. The van der Waals surface area contributed by atoms with Crippen LogP contribution in [0.15, 0.2) is 54.7 Å². The van der Waals surface area contributed by atoms with E-state index >= 15 is 0 Å². The number of carbonyl (C=O) groups is 1. The Labute approximate surface area is 192 Å². The van der Waals surface area contributed by atoms with Gasteiger partial charge in [0, 0.05) is 30.3 Å². The molecule has 6 nitrogen and oxygen atoms in total. The number of amides is 1. The molecule has 1 unspecified atom stereocenters. The number of imidazole rings is 1. The molecule has 170 valence electrons. The molecular weight excluding hydrogens is 419 g/mol. The first-order valence-electron chi connectivity index (χ1n) is 11.4. The van der Waals surface area contributed by atoms with Crippen LogP contribution in [-0.4, -0.2) is 33.1 Å². The van der Waals surface area contributed by atoms with Gasteiger partial charge in [-0.25, -0.2) is 9.37 Å². The summed E-state index contributed by atoms with van der Waals surface area (Å²) in [6.45, 7) is 3.14. The van der Waals surface area contributed by atoms with Crippen LogP contribution in [0.5, 0.6) is 0 Å². The van der Waals surface area contributed by atoms with Crippen LogP contribution >= 0.6 is 0 Å². The van der Waals surface area contributed by atoms with E-state index in [0.717, 1.165) is 48.8 Å². The molecule has 33 heavy (non-hydrogen) atoms. The summed E-state index contributed by atoms with van der Waals surface area (Å²) < 4.78 is 21.2. The Morgan fingerprint density at radius 3 is 2.64 bits per heavy atom. The van der Waals surface area contributed by atoms with Crippen molar-refractivity contribution in [2.24, 2.45) is 0 Å². The van der Waals surface area contributed by atoms with E-state index in [2.05, 4.69) is 5.32 Å². The summed E-state index contributed by atoms with van der Waals surface area (Å²) in [6.07, 6.45) is 7.13. The van der Waals surface area contributed by atoms with Gasteiger partial charge in [0.05, 0.1) is 19.1 Å². The van der Waals surface area contributed by atoms with Gasteiger partial charge in [0.1, 0.15) is 23.2 Å². The van der Waals surface area contributed by atoms with Crippen molar-refractivity contribution in [2.75, 3.05) is 11.9 Å². The zero-order chi connectivity index (χ0) is 22.8. The van der Waals surface area contributed by atoms with Crippen molar-refractivity contribution in [3.63, 3.8) is 0 Å². The van der Waals surface area contributed by atoms with Crippen LogP contribution in [0.3, 0.4) is 0 Å². The Morgan fingerprint density at radius 1 is 1.12 bits per heavy atom. The van der Waals surface area contributed by atoms with Gasteiger partial charge >= 0.3 is 0 Å². The maximum Gasteiger partial charge on any atom is 0.229 e. The standard InChI is InChI=1S/C26H27FN4O2/c1-18-5-11-21(12-6-18)28-26-25(19-7-9-20(27)10-8-19)29-23-17-30(13-14-31(23)26)24(32)16-22-4-2-3-15-33-22/h5-14,22,28H,2-4,15-17H2,1H3. The van der Waals surface area contributed by atoms with Crippen molar-refractivity contribution in [3.8, 4) is 11.3 Å². The summed E-state index contributed by atoms with van der Waals surface area (Å²) in [5, 5.41) is 3.46. The van der Waals surface area contributed by atoms with Crippen LogP contribution in [-0.2, 0) is 16.1 Å². The van der Waals surface area contributed by atoms with Gasteiger partial charge < -0.3 is 15.0 Å². The van der Waals surface area contributed by atoms with Crippen molar-refractivity contribution in [1.29, 1.82) is 0 Å². The van der Waals surface area contributed by atoms with Crippen molar-refractivity contribution < 1.29 is 13.9 Å². The van der Waals surface area contributed by atoms with Crippen molar-refractivity contribution in [2.45, 2.75) is 45.3 Å². The first-order valence-corrected chi connectivity index (χ1v) is 11.4. The van der Waals surface area contributed by atoms with Gasteiger partial charge in [-0.3, -0.25) is 9.36 Å². The Hall–Kier alpha value is -3.45. The van der Waals surface area contributed by atoms with E-state index in [-0.39, 0.29) is 17.8 Å². The predicted molar refractivity (Wildman–Crippen MR) is 126 cm³/mol. The fourth-order valence-corrected chi connectivity index (χ4v) is 4.26. The third-order valence-corrected chi connectivity index (χ3v) is 6.12. The Morgan fingerprint density at radius 2 is 1.91 bits per heavy atom. The number of carbonyl (C=O) groups excluding carboxylic acids is 1. The molecule has 0 radical (unpaired) electrons. The average Bonchev–Trinajstić information content (AvgIpc) is 3.19. The van der Waals surface area contributed by atoms with Crippen LogP contribution in [0.2, 0.25) is 0 Å². The summed E-state index contributed by atoms with van der Waals surface area (Å²) >= 11 is 0. The lowest BCUT2D eigenvalue weighted by Gasteiger charge is -2.27. The van der Waals surface area contributed by atoms with Crippen LogP contribution in [0.4, 0.5) is 15.9 Å². The van der Waals surface area contributed by atoms with E-state index in [9.17, 15) is 9.18 Å². The molecule has 3 aromatic rings. The first-order chi connectivity index (χ1) is 16.1. The van der Waals surface area contributed by atoms with Gasteiger partial charge in [-0.1, -0.05) is 17.7 Å². The number of aromatic nitrogens is 2. The lowest BCUT2D eigenvalue weighted by molar-refractivity contribution is -0.133. The number of nitrogens with zero attached hydrogens (tertiary/aromatic N) is 3. The quantitative estimate of drug-likeness (QED) is 0.565. The molecule has 3 heterocycles. The van der Waals surface area contributed by atoms with Gasteiger partial charge in [0.2, 0.25) is 5.91 Å². The maximum atomic E-state index is 13.5. The summed E-state index contributed by atoms with van der Waals surface area (Å²) in [6, 6.07) is 14.4. The minimum atomic E-state index is -0.294. The number of halogens is 1. The molecule has 7 heteroatoms. The monoisotopic (exact) mass is 446 g/mol. The molecule has 1 saturated heterocycles. The average molecular weight is 447 g/mol. The number of anilines is 2. The van der Waals surface area contributed by atoms with Crippen molar-refractivity contribution >= 4 is 23.6 Å². The molecule has 1 amide bonds. The van der Waals surface area contributed by atoms with Gasteiger partial charge in [-0.2, -0.15) is 0 Å². The highest BCUT2D eigenvalue weighted by atomic mass is 19.1. The van der Waals surface area contributed by atoms with E-state index in [1.54, 1.807) is 23.2 Å². The second-order valence-corrected chi connectivity index (χ2v) is 8.61. The van der Waals surface area contributed by atoms with E-state index in [1.165, 1.54) is 17.7 Å². The Balaban J connectivity index is 1.44. The second kappa shape index (κ2) is 9.19. The van der Waals surface area contributed by atoms with Crippen molar-refractivity contribution in [1.82, 2.24) is 14.5 Å². The number of rotatable bonds is 5. The first kappa shape index (κ1) is 21.4. The number of fused-ring (bicyclic) bond motifs is 1. The van der Waals surface area contributed by atoms with E-state index < -0.39 is 0 Å².